The lowest BCUT2D eigenvalue weighted by Gasteiger charge is -2.31. The largest absolute Gasteiger partial charge is 0.354 e. The van der Waals surface area contributed by atoms with Gasteiger partial charge in [-0.3, -0.25) is 19.5 Å². The van der Waals surface area contributed by atoms with Gasteiger partial charge in [0.2, 0.25) is 0 Å². The number of hydrogen-bond donors (Lipinski definition) is 2. The van der Waals surface area contributed by atoms with Crippen molar-refractivity contribution in [1.29, 1.82) is 0 Å². The van der Waals surface area contributed by atoms with E-state index in [2.05, 4.69) is 44.3 Å². The molecule has 1 unspecified atom stereocenters. The third-order valence-electron chi connectivity index (χ3n) is 6.36. The predicted octanol–water partition coefficient (Wildman–Crippen LogP) is 3.43. The molecule has 0 saturated carbocycles. The van der Waals surface area contributed by atoms with E-state index in [-0.39, 0.29) is 11.5 Å². The van der Waals surface area contributed by atoms with Crippen LogP contribution in [0.25, 0.3) is 22.1 Å². The van der Waals surface area contributed by atoms with Crippen LogP contribution in [-0.2, 0) is 6.54 Å². The third-order valence-corrected chi connectivity index (χ3v) is 6.63. The highest BCUT2D eigenvalue weighted by Crippen LogP contribution is 2.29. The molecule has 5 rings (SSSR count). The number of aryl methyl sites for hydroxylation is 1. The molecule has 1 atom stereocenters. The highest BCUT2D eigenvalue weighted by atomic mass is 35.5. The van der Waals surface area contributed by atoms with Crippen LogP contribution >= 0.6 is 11.6 Å². The lowest BCUT2D eigenvalue weighted by molar-refractivity contribution is 0.0958. The summed E-state index contributed by atoms with van der Waals surface area (Å²) in [6.07, 6.45) is 5.50. The first-order valence-electron chi connectivity index (χ1n) is 11.2. The van der Waals surface area contributed by atoms with Gasteiger partial charge < -0.3 is 10.3 Å². The van der Waals surface area contributed by atoms with Gasteiger partial charge in [-0.25, -0.2) is 4.52 Å². The number of nitrogens with one attached hydrogen (secondary N) is 2. The van der Waals surface area contributed by atoms with Crippen molar-refractivity contribution in [2.24, 2.45) is 5.92 Å². The zero-order valence-electron chi connectivity index (χ0n) is 19.2. The summed E-state index contributed by atoms with van der Waals surface area (Å²) in [5.74, 6) is 0.125. The first kappa shape index (κ1) is 22.3. The summed E-state index contributed by atoms with van der Waals surface area (Å²) in [6, 6.07) is 7.88. The van der Waals surface area contributed by atoms with Crippen molar-refractivity contribution in [3.05, 3.63) is 80.5 Å². The summed E-state index contributed by atoms with van der Waals surface area (Å²) in [4.78, 5) is 33.9. The number of hydrogen-bond acceptors (Lipinski definition) is 5. The van der Waals surface area contributed by atoms with Crippen LogP contribution < -0.4 is 10.9 Å². The molecule has 0 aliphatic carbocycles. The van der Waals surface area contributed by atoms with Crippen LogP contribution in [0.5, 0.6) is 0 Å². The fourth-order valence-electron chi connectivity index (χ4n) is 4.81. The summed E-state index contributed by atoms with van der Waals surface area (Å²) in [6.45, 7) is 6.68. The minimum absolute atomic E-state index is 0.188. The second-order valence-corrected chi connectivity index (χ2v) is 9.19. The van der Waals surface area contributed by atoms with Gasteiger partial charge in [0.1, 0.15) is 5.69 Å². The van der Waals surface area contributed by atoms with Crippen LogP contribution in [0.2, 0.25) is 5.02 Å². The Morgan fingerprint density at radius 2 is 2.09 bits per heavy atom. The third kappa shape index (κ3) is 3.89. The average Bonchev–Trinajstić information content (AvgIpc) is 3.20. The normalized spacial score (nSPS) is 16.7. The van der Waals surface area contributed by atoms with Crippen LogP contribution in [0, 0.1) is 12.8 Å². The van der Waals surface area contributed by atoms with Crippen LogP contribution in [0.15, 0.2) is 47.5 Å². The molecule has 0 saturated heterocycles. The minimum Gasteiger partial charge on any atom is -0.354 e. The van der Waals surface area contributed by atoms with E-state index >= 15 is 0 Å². The number of rotatable bonds is 4. The van der Waals surface area contributed by atoms with Crippen molar-refractivity contribution in [2.75, 3.05) is 20.1 Å². The van der Waals surface area contributed by atoms with Gasteiger partial charge in [0, 0.05) is 32.9 Å². The summed E-state index contributed by atoms with van der Waals surface area (Å²) in [5.41, 5.74) is 6.56. The van der Waals surface area contributed by atoms with Gasteiger partial charge in [-0.05, 0) is 47.2 Å². The second-order valence-electron chi connectivity index (χ2n) is 8.78. The fraction of sp³-hybridized carbons (Fsp3) is 0.280. The SMILES string of the molecule is CNC(=O)c1ccc(C2=CCN(Cc3cc(C)c4c(c3)[nH]c(=O)c3c(Cl)cnn34)CC2C)cn1. The van der Waals surface area contributed by atoms with E-state index in [0.717, 1.165) is 47.4 Å². The highest BCUT2D eigenvalue weighted by Gasteiger charge is 2.21. The molecule has 0 bridgehead atoms. The van der Waals surface area contributed by atoms with Crippen molar-refractivity contribution in [1.82, 2.24) is 29.8 Å². The Morgan fingerprint density at radius 1 is 1.26 bits per heavy atom. The minimum atomic E-state index is -0.248. The monoisotopic (exact) mass is 476 g/mol. The van der Waals surface area contributed by atoms with Gasteiger partial charge >= 0.3 is 0 Å². The number of pyridine rings is 1. The van der Waals surface area contributed by atoms with E-state index in [0.29, 0.717) is 22.2 Å². The number of aromatic nitrogens is 4. The molecule has 2 N–H and O–H groups in total. The van der Waals surface area contributed by atoms with Gasteiger partial charge in [0.25, 0.3) is 11.5 Å². The van der Waals surface area contributed by atoms with Crippen LogP contribution in [-0.4, -0.2) is 50.5 Å². The molecule has 0 spiro atoms. The molecule has 4 aromatic rings. The second kappa shape index (κ2) is 8.70. The van der Waals surface area contributed by atoms with Gasteiger partial charge in [-0.1, -0.05) is 36.7 Å². The van der Waals surface area contributed by atoms with Crippen molar-refractivity contribution in [3.63, 3.8) is 0 Å². The first-order chi connectivity index (χ1) is 16.4. The molecule has 8 nitrogen and oxygen atoms in total. The number of halogens is 1. The Labute approximate surface area is 201 Å². The maximum Gasteiger partial charge on any atom is 0.276 e. The number of fused-ring (bicyclic) bond motifs is 3. The van der Waals surface area contributed by atoms with E-state index in [9.17, 15) is 9.59 Å². The quantitative estimate of drug-likeness (QED) is 0.470. The number of carbonyl (C=O) groups excluding carboxylic acids is 1. The van der Waals surface area contributed by atoms with Crippen LogP contribution in [0.3, 0.4) is 0 Å². The maximum absolute atomic E-state index is 12.5. The Hall–Kier alpha value is -3.49. The van der Waals surface area contributed by atoms with E-state index in [4.69, 9.17) is 11.6 Å². The number of aromatic amines is 1. The summed E-state index contributed by atoms with van der Waals surface area (Å²) < 4.78 is 1.62. The molecule has 1 aromatic carbocycles. The Bertz CT molecular complexity index is 1500. The molecular formula is C25H25ClN6O2. The van der Waals surface area contributed by atoms with Crippen LogP contribution in [0.4, 0.5) is 0 Å². The first-order valence-corrected chi connectivity index (χ1v) is 11.5. The zero-order valence-corrected chi connectivity index (χ0v) is 20.0. The predicted molar refractivity (Wildman–Crippen MR) is 133 cm³/mol. The summed E-state index contributed by atoms with van der Waals surface area (Å²) in [5, 5.41) is 7.23. The van der Waals surface area contributed by atoms with Gasteiger partial charge in [0.05, 0.1) is 22.3 Å². The molecule has 0 radical (unpaired) electrons. The standard InChI is InChI=1S/C25H25ClN6O2/c1-14-8-16(9-21-22(14)32-23(25(34)30-21)19(26)11-29-32)13-31-7-6-18(15(2)12-31)17-4-5-20(28-10-17)24(33)27-3/h4-6,8-11,15H,7,12-13H2,1-3H3,(H,27,33)(H,30,34). The lowest BCUT2D eigenvalue weighted by atomic mass is 9.91. The molecule has 3 aromatic heterocycles. The zero-order chi connectivity index (χ0) is 24.0. The van der Waals surface area contributed by atoms with Crippen molar-refractivity contribution >= 4 is 39.6 Å². The Kier molecular flexibility index (Phi) is 5.71. The average molecular weight is 477 g/mol. The molecule has 34 heavy (non-hydrogen) atoms. The maximum atomic E-state index is 12.5. The van der Waals surface area contributed by atoms with Crippen LogP contribution in [0.1, 0.15) is 34.1 Å². The molecule has 0 fully saturated rings. The molecule has 1 aliphatic heterocycles. The van der Waals surface area contributed by atoms with E-state index in [1.807, 2.05) is 19.1 Å². The molecule has 9 heteroatoms. The molecule has 1 aliphatic rings. The number of carbonyl (C=O) groups is 1. The Balaban J connectivity index is 1.39. The highest BCUT2D eigenvalue weighted by molar-refractivity contribution is 6.33. The van der Waals surface area contributed by atoms with Crippen molar-refractivity contribution < 1.29 is 4.79 Å². The fourth-order valence-corrected chi connectivity index (χ4v) is 5.02. The Morgan fingerprint density at radius 3 is 2.79 bits per heavy atom. The van der Waals surface area contributed by atoms with Gasteiger partial charge in [0.15, 0.2) is 5.52 Å². The van der Waals surface area contributed by atoms with Gasteiger partial charge in [-0.2, -0.15) is 5.10 Å². The van der Waals surface area contributed by atoms with E-state index < -0.39 is 0 Å². The van der Waals surface area contributed by atoms with Gasteiger partial charge in [-0.15, -0.1) is 0 Å². The molecular weight excluding hydrogens is 452 g/mol. The van der Waals surface area contributed by atoms with E-state index in [1.165, 1.54) is 11.8 Å². The number of H-pyrrole nitrogens is 1. The molecule has 174 valence electrons. The van der Waals surface area contributed by atoms with E-state index in [1.54, 1.807) is 23.8 Å². The smallest absolute Gasteiger partial charge is 0.276 e. The number of benzene rings is 1. The number of nitrogens with zero attached hydrogens (tertiary/aromatic N) is 4. The number of amides is 1. The lowest BCUT2D eigenvalue weighted by Crippen LogP contribution is -2.33. The summed E-state index contributed by atoms with van der Waals surface area (Å²) >= 11 is 6.15. The topological polar surface area (TPSA) is 95.4 Å². The van der Waals surface area contributed by atoms with Crippen molar-refractivity contribution in [3.8, 4) is 0 Å². The summed E-state index contributed by atoms with van der Waals surface area (Å²) in [7, 11) is 1.60. The molecule has 4 heterocycles. The van der Waals surface area contributed by atoms with Crippen molar-refractivity contribution in [2.45, 2.75) is 20.4 Å². The molecule has 1 amide bonds.